The number of methoxy groups -OCH3 is 2. The quantitative estimate of drug-likeness (QED) is 0.233. The third kappa shape index (κ3) is 5.26. The SMILES string of the molecule is CNC(=O)c1c(-c2ccc(F)cc2)oc2cc(OCC(F)(F)F)c(-c3ccc(OC)c(C(=O)OC)c3)cc12. The summed E-state index contributed by atoms with van der Waals surface area (Å²) in [7, 11) is 3.93. The van der Waals surface area contributed by atoms with Crippen LogP contribution in [0, 0.1) is 5.82 Å². The Hall–Kier alpha value is -4.54. The summed E-state index contributed by atoms with van der Waals surface area (Å²) in [5.74, 6) is -1.70. The van der Waals surface area contributed by atoms with Crippen molar-refractivity contribution in [3.05, 3.63) is 71.5 Å². The molecule has 198 valence electrons. The predicted molar refractivity (Wildman–Crippen MR) is 130 cm³/mol. The van der Waals surface area contributed by atoms with Crippen molar-refractivity contribution in [3.8, 4) is 33.9 Å². The van der Waals surface area contributed by atoms with Gasteiger partial charge in [-0.25, -0.2) is 9.18 Å². The molecule has 4 rings (SSSR count). The zero-order valence-corrected chi connectivity index (χ0v) is 20.4. The fourth-order valence-corrected chi connectivity index (χ4v) is 3.93. The number of carbonyl (C=O) groups is 2. The van der Waals surface area contributed by atoms with Crippen LogP contribution in [0.25, 0.3) is 33.4 Å². The van der Waals surface area contributed by atoms with Gasteiger partial charge in [-0.3, -0.25) is 4.79 Å². The van der Waals surface area contributed by atoms with E-state index in [0.29, 0.717) is 5.56 Å². The van der Waals surface area contributed by atoms with Crippen LogP contribution in [-0.4, -0.2) is 45.9 Å². The van der Waals surface area contributed by atoms with Gasteiger partial charge >= 0.3 is 12.1 Å². The highest BCUT2D eigenvalue weighted by molar-refractivity contribution is 6.12. The molecule has 0 aliphatic heterocycles. The lowest BCUT2D eigenvalue weighted by Gasteiger charge is -2.15. The average Bonchev–Trinajstić information content (AvgIpc) is 3.28. The first-order chi connectivity index (χ1) is 18.1. The highest BCUT2D eigenvalue weighted by atomic mass is 19.4. The molecule has 0 atom stereocenters. The summed E-state index contributed by atoms with van der Waals surface area (Å²) in [6.45, 7) is -1.60. The first-order valence-electron chi connectivity index (χ1n) is 11.1. The van der Waals surface area contributed by atoms with Crippen LogP contribution in [0.2, 0.25) is 0 Å². The summed E-state index contributed by atoms with van der Waals surface area (Å²) in [5.41, 5.74) is 0.979. The summed E-state index contributed by atoms with van der Waals surface area (Å²) < 4.78 is 73.7. The van der Waals surface area contributed by atoms with Gasteiger partial charge in [0.25, 0.3) is 5.91 Å². The second-order valence-electron chi connectivity index (χ2n) is 8.05. The van der Waals surface area contributed by atoms with E-state index in [1.54, 1.807) is 0 Å². The molecule has 4 aromatic rings. The number of amides is 1. The van der Waals surface area contributed by atoms with Crippen molar-refractivity contribution < 1.29 is 45.8 Å². The van der Waals surface area contributed by atoms with Crippen LogP contribution >= 0.6 is 0 Å². The second-order valence-corrected chi connectivity index (χ2v) is 8.05. The highest BCUT2D eigenvalue weighted by Gasteiger charge is 2.30. The molecule has 0 saturated carbocycles. The number of hydrogen-bond donors (Lipinski definition) is 1. The van der Waals surface area contributed by atoms with Gasteiger partial charge in [0, 0.05) is 29.6 Å². The number of halogens is 4. The van der Waals surface area contributed by atoms with E-state index in [0.717, 1.165) is 0 Å². The Bertz CT molecular complexity index is 1510. The first-order valence-corrected chi connectivity index (χ1v) is 11.1. The highest BCUT2D eigenvalue weighted by Crippen LogP contribution is 2.42. The molecular weight excluding hydrogens is 510 g/mol. The van der Waals surface area contributed by atoms with Crippen molar-refractivity contribution in [2.45, 2.75) is 6.18 Å². The minimum Gasteiger partial charge on any atom is -0.496 e. The number of nitrogens with one attached hydrogen (secondary N) is 1. The lowest BCUT2D eigenvalue weighted by atomic mass is 9.97. The number of furan rings is 1. The van der Waals surface area contributed by atoms with Crippen LogP contribution in [0.5, 0.6) is 11.5 Å². The standard InChI is InChI=1S/C27H21F4NO6/c1-32-25(33)23-18-11-17(15-6-9-20(35-2)19(10-15)26(34)36-3)21(37-13-27(29,30)31)12-22(18)38-24(23)14-4-7-16(28)8-5-14/h4-12H,13H2,1-3H3,(H,32,33). The van der Waals surface area contributed by atoms with E-state index in [9.17, 15) is 27.2 Å². The summed E-state index contributed by atoms with van der Waals surface area (Å²) in [6, 6.07) is 12.2. The monoisotopic (exact) mass is 531 g/mol. The van der Waals surface area contributed by atoms with E-state index in [1.165, 1.54) is 75.9 Å². The van der Waals surface area contributed by atoms with Gasteiger partial charge < -0.3 is 23.9 Å². The van der Waals surface area contributed by atoms with Gasteiger partial charge in [0.15, 0.2) is 6.61 Å². The Morgan fingerprint density at radius 3 is 2.24 bits per heavy atom. The van der Waals surface area contributed by atoms with Crippen molar-refractivity contribution in [2.75, 3.05) is 27.9 Å². The van der Waals surface area contributed by atoms with Crippen molar-refractivity contribution in [2.24, 2.45) is 0 Å². The molecule has 1 amide bonds. The van der Waals surface area contributed by atoms with Crippen LogP contribution < -0.4 is 14.8 Å². The summed E-state index contributed by atoms with van der Waals surface area (Å²) >= 11 is 0. The van der Waals surface area contributed by atoms with Crippen LogP contribution in [0.4, 0.5) is 17.6 Å². The van der Waals surface area contributed by atoms with Crippen LogP contribution in [0.15, 0.2) is 59.0 Å². The minimum absolute atomic E-state index is 0.0279. The Morgan fingerprint density at radius 1 is 0.947 bits per heavy atom. The largest absolute Gasteiger partial charge is 0.496 e. The number of carbonyl (C=O) groups excluding carboxylic acids is 2. The van der Waals surface area contributed by atoms with E-state index in [-0.39, 0.29) is 50.5 Å². The minimum atomic E-state index is -4.64. The number of esters is 1. The maximum absolute atomic E-state index is 13.5. The fraction of sp³-hybridized carbons (Fsp3) is 0.185. The number of rotatable bonds is 7. The van der Waals surface area contributed by atoms with Crippen LogP contribution in [-0.2, 0) is 4.74 Å². The maximum Gasteiger partial charge on any atom is 0.422 e. The van der Waals surface area contributed by atoms with Crippen LogP contribution in [0.1, 0.15) is 20.7 Å². The fourth-order valence-electron chi connectivity index (χ4n) is 3.93. The molecule has 0 unspecified atom stereocenters. The molecule has 0 fully saturated rings. The first kappa shape index (κ1) is 26.5. The topological polar surface area (TPSA) is 87.0 Å². The van der Waals surface area contributed by atoms with Gasteiger partial charge in [-0.2, -0.15) is 13.2 Å². The maximum atomic E-state index is 13.5. The second kappa shape index (κ2) is 10.4. The zero-order valence-electron chi connectivity index (χ0n) is 20.4. The number of ether oxygens (including phenoxy) is 3. The van der Waals surface area contributed by atoms with Crippen LogP contribution in [0.3, 0.4) is 0 Å². The van der Waals surface area contributed by atoms with Gasteiger partial charge in [0.1, 0.15) is 34.2 Å². The average molecular weight is 531 g/mol. The molecule has 11 heteroatoms. The lowest BCUT2D eigenvalue weighted by Crippen LogP contribution is -2.19. The van der Waals surface area contributed by atoms with Gasteiger partial charge in [-0.15, -0.1) is 0 Å². The molecular formula is C27H21F4NO6. The molecule has 7 nitrogen and oxygen atoms in total. The normalized spacial score (nSPS) is 11.3. The molecule has 38 heavy (non-hydrogen) atoms. The molecule has 0 bridgehead atoms. The molecule has 0 aliphatic rings. The lowest BCUT2D eigenvalue weighted by molar-refractivity contribution is -0.153. The Morgan fingerprint density at radius 2 is 1.63 bits per heavy atom. The van der Waals surface area contributed by atoms with Crippen molar-refractivity contribution in [1.29, 1.82) is 0 Å². The third-order valence-electron chi connectivity index (χ3n) is 5.66. The van der Waals surface area contributed by atoms with Crippen molar-refractivity contribution in [3.63, 3.8) is 0 Å². The summed E-state index contributed by atoms with van der Waals surface area (Å²) in [5, 5.41) is 2.77. The number of fused-ring (bicyclic) bond motifs is 1. The van der Waals surface area contributed by atoms with E-state index in [4.69, 9.17) is 18.6 Å². The molecule has 0 aliphatic carbocycles. The molecule has 0 radical (unpaired) electrons. The van der Waals surface area contributed by atoms with E-state index in [2.05, 4.69) is 5.32 Å². The van der Waals surface area contributed by atoms with Gasteiger partial charge in [-0.1, -0.05) is 6.07 Å². The summed E-state index contributed by atoms with van der Waals surface area (Å²) in [6.07, 6.45) is -4.64. The Balaban J connectivity index is 2.00. The molecule has 1 aromatic heterocycles. The van der Waals surface area contributed by atoms with Crippen molar-refractivity contribution in [1.82, 2.24) is 5.32 Å². The van der Waals surface area contributed by atoms with E-state index >= 15 is 0 Å². The third-order valence-corrected chi connectivity index (χ3v) is 5.66. The van der Waals surface area contributed by atoms with E-state index in [1.807, 2.05) is 0 Å². The number of benzene rings is 3. The Labute approximate surface area is 213 Å². The predicted octanol–water partition coefficient (Wildman–Crippen LogP) is 6.00. The van der Waals surface area contributed by atoms with Crippen molar-refractivity contribution >= 4 is 22.8 Å². The van der Waals surface area contributed by atoms with Gasteiger partial charge in [-0.05, 0) is 48.0 Å². The molecule has 1 heterocycles. The smallest absolute Gasteiger partial charge is 0.422 e. The molecule has 3 aromatic carbocycles. The molecule has 1 N–H and O–H groups in total. The summed E-state index contributed by atoms with van der Waals surface area (Å²) in [4.78, 5) is 25.2. The Kier molecular flexibility index (Phi) is 7.29. The van der Waals surface area contributed by atoms with Gasteiger partial charge in [0.05, 0.1) is 19.8 Å². The molecule has 0 saturated heterocycles. The van der Waals surface area contributed by atoms with E-state index < -0.39 is 30.5 Å². The zero-order chi connectivity index (χ0) is 27.6. The van der Waals surface area contributed by atoms with Gasteiger partial charge in [0.2, 0.25) is 0 Å². The number of hydrogen-bond acceptors (Lipinski definition) is 6. The molecule has 0 spiro atoms. The number of alkyl halides is 3.